The number of carbonyl (C=O) groups is 2. The Kier molecular flexibility index (Phi) is 4.88. The summed E-state index contributed by atoms with van der Waals surface area (Å²) in [7, 11) is 0. The van der Waals surface area contributed by atoms with Crippen LogP contribution in [0.4, 0.5) is 15.0 Å². The number of pyridine rings is 2. The molecule has 3 heterocycles. The summed E-state index contributed by atoms with van der Waals surface area (Å²) < 4.78 is 22.3. The maximum atomic E-state index is 15.2. The molecule has 0 spiro atoms. The number of piperidine rings is 1. The molecule has 0 radical (unpaired) electrons. The molecule has 2 aromatic heterocycles. The number of hydrogen-bond donors (Lipinski definition) is 2. The molecule has 0 aromatic carbocycles. The van der Waals surface area contributed by atoms with Crippen molar-refractivity contribution in [3.8, 4) is 0 Å². The van der Waals surface area contributed by atoms with Crippen molar-refractivity contribution >= 4 is 28.9 Å². The van der Waals surface area contributed by atoms with Gasteiger partial charge in [-0.3, -0.25) is 4.79 Å². The first-order valence-corrected chi connectivity index (χ1v) is 11.2. The Labute approximate surface area is 189 Å². The Morgan fingerprint density at radius 1 is 1.27 bits per heavy atom. The number of anilines is 1. The van der Waals surface area contributed by atoms with Crippen LogP contribution in [0, 0.1) is 17.7 Å². The van der Waals surface area contributed by atoms with Crippen LogP contribution in [0.1, 0.15) is 56.4 Å². The number of alkyl carbamates (subject to hydrolysis) is 1. The summed E-state index contributed by atoms with van der Waals surface area (Å²) in [5, 5.41) is 12.3. The minimum absolute atomic E-state index is 0.0345. The first kappa shape index (κ1) is 21.7. The molecule has 2 aliphatic carbocycles. The van der Waals surface area contributed by atoms with E-state index in [4.69, 9.17) is 4.74 Å². The Morgan fingerprint density at radius 2 is 2.00 bits per heavy atom. The van der Waals surface area contributed by atoms with Gasteiger partial charge in [-0.25, -0.2) is 19.0 Å². The van der Waals surface area contributed by atoms with Crippen molar-refractivity contribution in [3.63, 3.8) is 0 Å². The minimum atomic E-state index is -1.34. The number of halogens is 1. The zero-order chi connectivity index (χ0) is 23.7. The lowest BCUT2D eigenvalue weighted by molar-refractivity contribution is 0.0494. The van der Waals surface area contributed by atoms with E-state index >= 15 is 4.39 Å². The van der Waals surface area contributed by atoms with Crippen LogP contribution >= 0.6 is 0 Å². The van der Waals surface area contributed by atoms with Crippen LogP contribution in [-0.2, 0) is 4.74 Å². The average Bonchev–Trinajstić information content (AvgIpc) is 3.60. The number of rotatable bonds is 4. The highest BCUT2D eigenvalue weighted by Crippen LogP contribution is 2.46. The van der Waals surface area contributed by atoms with Crippen LogP contribution in [0.3, 0.4) is 0 Å². The van der Waals surface area contributed by atoms with E-state index < -0.39 is 28.9 Å². The zero-order valence-corrected chi connectivity index (χ0v) is 18.8. The largest absolute Gasteiger partial charge is 0.477 e. The average molecular weight is 458 g/mol. The third-order valence-electron chi connectivity index (χ3n) is 6.48. The molecule has 5 rings (SSSR count). The number of fused-ring (bicyclic) bond motifs is 2. The smallest absolute Gasteiger partial charge is 0.407 e. The quantitative estimate of drug-likeness (QED) is 0.724. The van der Waals surface area contributed by atoms with E-state index in [-0.39, 0.29) is 28.9 Å². The van der Waals surface area contributed by atoms with Crippen LogP contribution in [-0.4, -0.2) is 51.5 Å². The van der Waals surface area contributed by atoms with E-state index in [1.165, 1.54) is 6.20 Å². The minimum Gasteiger partial charge on any atom is -0.477 e. The van der Waals surface area contributed by atoms with E-state index in [0.29, 0.717) is 30.6 Å². The number of aromatic carboxylic acids is 1. The predicted molar refractivity (Wildman–Crippen MR) is 118 cm³/mol. The van der Waals surface area contributed by atoms with Crippen LogP contribution < -0.4 is 15.6 Å². The number of hydrogen-bond acceptors (Lipinski definition) is 6. The molecular formula is C23H27FN4O5. The van der Waals surface area contributed by atoms with Crippen molar-refractivity contribution in [3.05, 3.63) is 33.9 Å². The lowest BCUT2D eigenvalue weighted by atomic mass is 10.1. The van der Waals surface area contributed by atoms with Crippen molar-refractivity contribution in [2.24, 2.45) is 11.8 Å². The summed E-state index contributed by atoms with van der Waals surface area (Å²) in [6.45, 7) is 6.36. The zero-order valence-electron chi connectivity index (χ0n) is 18.8. The fourth-order valence-corrected chi connectivity index (χ4v) is 4.73. The molecule has 3 atom stereocenters. The Hall–Kier alpha value is -3.17. The van der Waals surface area contributed by atoms with E-state index in [1.54, 1.807) is 30.2 Å². The topological polar surface area (TPSA) is 114 Å². The number of carboxylic acid groups (broad SMARTS) is 1. The normalized spacial score (nSPS) is 24.4. The number of carboxylic acids is 1. The lowest BCUT2D eigenvalue weighted by Gasteiger charge is -2.34. The van der Waals surface area contributed by atoms with Gasteiger partial charge >= 0.3 is 12.1 Å². The fourth-order valence-electron chi connectivity index (χ4n) is 4.73. The summed E-state index contributed by atoms with van der Waals surface area (Å²) >= 11 is 0. The van der Waals surface area contributed by atoms with E-state index in [2.05, 4.69) is 10.3 Å². The van der Waals surface area contributed by atoms with E-state index in [0.717, 1.165) is 25.3 Å². The van der Waals surface area contributed by atoms with Crippen LogP contribution in [0.15, 0.2) is 17.1 Å². The molecular weight excluding hydrogens is 431 g/mol. The first-order valence-electron chi connectivity index (χ1n) is 11.2. The third-order valence-corrected chi connectivity index (χ3v) is 6.48. The number of ether oxygens (including phenoxy) is 1. The molecule has 10 heteroatoms. The lowest BCUT2D eigenvalue weighted by Crippen LogP contribution is -2.51. The highest BCUT2D eigenvalue weighted by atomic mass is 19.1. The summed E-state index contributed by atoms with van der Waals surface area (Å²) in [6.07, 6.45) is 3.44. The highest BCUT2D eigenvalue weighted by Gasteiger charge is 2.49. The van der Waals surface area contributed by atoms with Crippen molar-refractivity contribution in [1.82, 2.24) is 14.9 Å². The standard InChI is InChI=1S/C23H27FN4O5/c1-23(2,3)33-22(32)25-17-10-27(8-11-6-13(11)17)20-16(24)7-14-18(29)15(21(30)31)9-28(12-4-5-12)19(14)26-20/h7,9,11-13,17H,4-6,8,10H2,1-3H3,(H,25,32)(H,30,31). The van der Waals surface area contributed by atoms with Gasteiger partial charge in [-0.15, -0.1) is 0 Å². The summed E-state index contributed by atoms with van der Waals surface area (Å²) in [6, 6.07) is 0.948. The third kappa shape index (κ3) is 4.14. The molecule has 176 valence electrons. The molecule has 2 N–H and O–H groups in total. The summed E-state index contributed by atoms with van der Waals surface area (Å²) in [4.78, 5) is 42.8. The van der Waals surface area contributed by atoms with Crippen molar-refractivity contribution < 1.29 is 23.8 Å². The fraction of sp³-hybridized carbons (Fsp3) is 0.565. The van der Waals surface area contributed by atoms with Crippen LogP contribution in [0.25, 0.3) is 11.0 Å². The molecule has 3 aliphatic rings. The molecule has 3 unspecified atom stereocenters. The summed E-state index contributed by atoms with van der Waals surface area (Å²) in [5.74, 6) is -1.27. The van der Waals surface area contributed by atoms with E-state index in [9.17, 15) is 19.5 Å². The Bertz CT molecular complexity index is 1220. The van der Waals surface area contributed by atoms with Crippen LogP contribution in [0.2, 0.25) is 0 Å². The molecule has 1 aliphatic heterocycles. The van der Waals surface area contributed by atoms with Crippen molar-refractivity contribution in [2.45, 2.75) is 57.7 Å². The van der Waals surface area contributed by atoms with Gasteiger partial charge < -0.3 is 24.6 Å². The molecule has 33 heavy (non-hydrogen) atoms. The highest BCUT2D eigenvalue weighted by molar-refractivity contribution is 5.92. The molecule has 0 bridgehead atoms. The maximum absolute atomic E-state index is 15.2. The molecule has 1 saturated heterocycles. The first-order chi connectivity index (χ1) is 15.5. The number of nitrogens with zero attached hydrogens (tertiary/aromatic N) is 3. The molecule has 1 amide bonds. The van der Waals surface area contributed by atoms with Gasteiger partial charge in [0.2, 0.25) is 5.43 Å². The SMILES string of the molecule is CC(C)(C)OC(=O)NC1CN(c2nc3c(cc2F)c(=O)c(C(=O)O)cn3C2CC2)CC2CC21. The monoisotopic (exact) mass is 458 g/mol. The second kappa shape index (κ2) is 7.43. The molecule has 3 fully saturated rings. The number of nitrogens with one attached hydrogen (secondary N) is 1. The number of carbonyl (C=O) groups excluding carboxylic acids is 1. The Balaban J connectivity index is 1.48. The van der Waals surface area contributed by atoms with Gasteiger partial charge in [0.1, 0.15) is 16.8 Å². The second-order valence-electron chi connectivity index (χ2n) is 10.3. The molecule has 2 aromatic rings. The van der Waals surface area contributed by atoms with Crippen LogP contribution in [0.5, 0.6) is 0 Å². The Morgan fingerprint density at radius 3 is 2.64 bits per heavy atom. The predicted octanol–water partition coefficient (Wildman–Crippen LogP) is 2.92. The van der Waals surface area contributed by atoms with Gasteiger partial charge in [-0.1, -0.05) is 0 Å². The van der Waals surface area contributed by atoms with Gasteiger partial charge in [0.05, 0.1) is 11.4 Å². The van der Waals surface area contributed by atoms with Crippen molar-refractivity contribution in [2.75, 3.05) is 18.0 Å². The molecule has 2 saturated carbocycles. The van der Waals surface area contributed by atoms with Gasteiger partial charge in [-0.05, 0) is 57.9 Å². The summed E-state index contributed by atoms with van der Waals surface area (Å²) in [5.41, 5.74) is -1.45. The van der Waals surface area contributed by atoms with E-state index in [1.807, 2.05) is 0 Å². The maximum Gasteiger partial charge on any atom is 0.407 e. The van der Waals surface area contributed by atoms with Crippen molar-refractivity contribution in [1.29, 1.82) is 0 Å². The van der Waals surface area contributed by atoms with Gasteiger partial charge in [-0.2, -0.15) is 0 Å². The van der Waals surface area contributed by atoms with Gasteiger partial charge in [0.25, 0.3) is 0 Å². The molecule has 9 nitrogen and oxygen atoms in total. The number of amides is 1. The van der Waals surface area contributed by atoms with Gasteiger partial charge in [0.15, 0.2) is 11.6 Å². The number of aromatic nitrogens is 2. The second-order valence-corrected chi connectivity index (χ2v) is 10.3. The van der Waals surface area contributed by atoms with Gasteiger partial charge in [0, 0.05) is 25.3 Å².